The molecule has 1 saturated carbocycles. The molecule has 6 heteroatoms. The van der Waals surface area contributed by atoms with Crippen molar-refractivity contribution in [2.24, 2.45) is 0 Å². The van der Waals surface area contributed by atoms with Crippen LogP contribution in [0.15, 0.2) is 12.3 Å². The van der Waals surface area contributed by atoms with E-state index in [4.69, 9.17) is 9.84 Å². The van der Waals surface area contributed by atoms with Crippen molar-refractivity contribution in [1.29, 1.82) is 0 Å². The van der Waals surface area contributed by atoms with Gasteiger partial charge in [-0.05, 0) is 18.6 Å². The predicted octanol–water partition coefficient (Wildman–Crippen LogP) is 1.76. The van der Waals surface area contributed by atoms with E-state index >= 15 is 0 Å². The zero-order chi connectivity index (χ0) is 12.8. The van der Waals surface area contributed by atoms with Crippen molar-refractivity contribution in [1.82, 2.24) is 4.98 Å². The Kier molecular flexibility index (Phi) is 2.34. The van der Waals surface area contributed by atoms with E-state index in [1.54, 1.807) is 6.92 Å². The number of alkyl halides is 2. The summed E-state index contributed by atoms with van der Waals surface area (Å²) in [6.07, 6.45) is 0.462. The van der Waals surface area contributed by atoms with Gasteiger partial charge in [-0.2, -0.15) is 0 Å². The second-order valence-corrected chi connectivity index (χ2v) is 4.14. The minimum atomic E-state index is -3.21. The second-order valence-electron chi connectivity index (χ2n) is 4.14. The standard InChI is InChI=1S/C11H11F2NO3/c1-6-3-7(4-14-8(6)17-2)10(9(15)16)5-11(10,12)13/h3-4H,5H2,1-2H3,(H,15,16). The summed E-state index contributed by atoms with van der Waals surface area (Å²) < 4.78 is 31.4. The average Bonchev–Trinajstić information content (AvgIpc) is 2.83. The van der Waals surface area contributed by atoms with Crippen molar-refractivity contribution in [3.63, 3.8) is 0 Å². The Bertz CT molecular complexity index is 490. The Labute approximate surface area is 96.2 Å². The van der Waals surface area contributed by atoms with E-state index in [1.165, 1.54) is 13.2 Å². The number of methoxy groups -OCH3 is 1. The summed E-state index contributed by atoms with van der Waals surface area (Å²) in [4.78, 5) is 14.9. The average molecular weight is 243 g/mol. The van der Waals surface area contributed by atoms with Gasteiger partial charge in [0.15, 0.2) is 5.41 Å². The fraction of sp³-hybridized carbons (Fsp3) is 0.455. The highest BCUT2D eigenvalue weighted by molar-refractivity contribution is 5.87. The quantitative estimate of drug-likeness (QED) is 0.878. The molecule has 1 unspecified atom stereocenters. The first kappa shape index (κ1) is 11.8. The van der Waals surface area contributed by atoms with Crippen LogP contribution in [0.1, 0.15) is 17.5 Å². The number of aromatic nitrogens is 1. The Morgan fingerprint density at radius 1 is 1.59 bits per heavy atom. The fourth-order valence-electron chi connectivity index (χ4n) is 1.97. The molecule has 1 atom stereocenters. The summed E-state index contributed by atoms with van der Waals surface area (Å²) in [6.45, 7) is 1.63. The van der Waals surface area contributed by atoms with Crippen LogP contribution in [0.5, 0.6) is 5.88 Å². The Balaban J connectivity index is 2.48. The van der Waals surface area contributed by atoms with Gasteiger partial charge in [0.05, 0.1) is 7.11 Å². The van der Waals surface area contributed by atoms with Crippen molar-refractivity contribution in [2.75, 3.05) is 7.11 Å². The first-order chi connectivity index (χ1) is 7.85. The number of carboxylic acid groups (broad SMARTS) is 1. The molecule has 92 valence electrons. The van der Waals surface area contributed by atoms with Crippen molar-refractivity contribution in [3.05, 3.63) is 23.4 Å². The molecule has 1 N–H and O–H groups in total. The van der Waals surface area contributed by atoms with E-state index in [0.717, 1.165) is 6.20 Å². The number of nitrogens with zero attached hydrogens (tertiary/aromatic N) is 1. The number of ether oxygens (including phenoxy) is 1. The van der Waals surface area contributed by atoms with Crippen LogP contribution in [0.3, 0.4) is 0 Å². The SMILES string of the molecule is COc1ncc(C2(C(=O)O)CC2(F)F)cc1C. The molecule has 1 aliphatic carbocycles. The van der Waals surface area contributed by atoms with Crippen LogP contribution in [0.4, 0.5) is 8.78 Å². The van der Waals surface area contributed by atoms with Crippen LogP contribution in [0.2, 0.25) is 0 Å². The lowest BCUT2D eigenvalue weighted by atomic mass is 9.96. The molecule has 0 bridgehead atoms. The molecule has 4 nitrogen and oxygen atoms in total. The molecule has 1 aromatic heterocycles. The minimum absolute atomic E-state index is 0.0216. The third-order valence-electron chi connectivity index (χ3n) is 3.07. The van der Waals surface area contributed by atoms with Crippen molar-refractivity contribution < 1.29 is 23.4 Å². The maximum atomic E-state index is 13.3. The first-order valence-corrected chi connectivity index (χ1v) is 4.97. The van der Waals surface area contributed by atoms with Gasteiger partial charge < -0.3 is 9.84 Å². The number of rotatable bonds is 3. The predicted molar refractivity (Wildman–Crippen MR) is 54.4 cm³/mol. The molecular formula is C11H11F2NO3. The van der Waals surface area contributed by atoms with Crippen LogP contribution in [-0.2, 0) is 10.2 Å². The van der Waals surface area contributed by atoms with Crippen LogP contribution in [-0.4, -0.2) is 29.1 Å². The fourth-order valence-corrected chi connectivity index (χ4v) is 1.97. The molecule has 1 aliphatic rings. The van der Waals surface area contributed by atoms with E-state index in [0.29, 0.717) is 11.4 Å². The van der Waals surface area contributed by atoms with E-state index in [1.807, 2.05) is 0 Å². The number of aryl methyl sites for hydroxylation is 1. The normalized spacial score (nSPS) is 25.4. The number of aliphatic carboxylic acids is 1. The van der Waals surface area contributed by atoms with Gasteiger partial charge in [0.25, 0.3) is 5.92 Å². The smallest absolute Gasteiger partial charge is 0.320 e. The molecule has 1 heterocycles. The number of hydrogen-bond donors (Lipinski definition) is 1. The van der Waals surface area contributed by atoms with E-state index in [9.17, 15) is 13.6 Å². The zero-order valence-electron chi connectivity index (χ0n) is 9.33. The van der Waals surface area contributed by atoms with Crippen molar-refractivity contribution in [2.45, 2.75) is 24.7 Å². The number of pyridine rings is 1. The van der Waals surface area contributed by atoms with Crippen LogP contribution in [0.25, 0.3) is 0 Å². The third-order valence-corrected chi connectivity index (χ3v) is 3.07. The largest absolute Gasteiger partial charge is 0.481 e. The molecular weight excluding hydrogens is 232 g/mol. The highest BCUT2D eigenvalue weighted by atomic mass is 19.3. The third kappa shape index (κ3) is 1.47. The summed E-state index contributed by atoms with van der Waals surface area (Å²) in [5.41, 5.74) is -1.56. The Morgan fingerprint density at radius 2 is 2.18 bits per heavy atom. The van der Waals surface area contributed by atoms with Gasteiger partial charge in [-0.1, -0.05) is 0 Å². The number of carboxylic acids is 1. The lowest BCUT2D eigenvalue weighted by molar-refractivity contribution is -0.143. The van der Waals surface area contributed by atoms with Crippen LogP contribution >= 0.6 is 0 Å². The lowest BCUT2D eigenvalue weighted by Gasteiger charge is -2.13. The molecule has 0 spiro atoms. The molecule has 1 aromatic rings. The molecule has 0 amide bonds. The number of carbonyl (C=O) groups is 1. The molecule has 17 heavy (non-hydrogen) atoms. The summed E-state index contributed by atoms with van der Waals surface area (Å²) in [5, 5.41) is 8.97. The Morgan fingerprint density at radius 3 is 2.53 bits per heavy atom. The van der Waals surface area contributed by atoms with Gasteiger partial charge in [-0.25, -0.2) is 13.8 Å². The van der Waals surface area contributed by atoms with E-state index in [2.05, 4.69) is 4.98 Å². The molecule has 0 aliphatic heterocycles. The van der Waals surface area contributed by atoms with Crippen LogP contribution < -0.4 is 4.74 Å². The summed E-state index contributed by atoms with van der Waals surface area (Å²) in [6, 6.07) is 1.39. The van der Waals surface area contributed by atoms with E-state index in [-0.39, 0.29) is 5.56 Å². The highest BCUT2D eigenvalue weighted by Gasteiger charge is 2.77. The topological polar surface area (TPSA) is 59.4 Å². The van der Waals surface area contributed by atoms with Gasteiger partial charge in [0.1, 0.15) is 0 Å². The van der Waals surface area contributed by atoms with Crippen LogP contribution in [0, 0.1) is 6.92 Å². The molecule has 0 radical (unpaired) electrons. The van der Waals surface area contributed by atoms with Gasteiger partial charge >= 0.3 is 5.97 Å². The maximum Gasteiger partial charge on any atom is 0.320 e. The summed E-state index contributed by atoms with van der Waals surface area (Å²) in [5.74, 6) is -4.42. The lowest BCUT2D eigenvalue weighted by Crippen LogP contribution is -2.27. The Hall–Kier alpha value is -1.72. The van der Waals surface area contributed by atoms with Gasteiger partial charge in [-0.3, -0.25) is 4.79 Å². The minimum Gasteiger partial charge on any atom is -0.481 e. The highest BCUT2D eigenvalue weighted by Crippen LogP contribution is 2.61. The number of halogens is 2. The van der Waals surface area contributed by atoms with E-state index < -0.39 is 23.7 Å². The molecule has 0 aromatic carbocycles. The maximum absolute atomic E-state index is 13.3. The van der Waals surface area contributed by atoms with Crippen molar-refractivity contribution >= 4 is 5.97 Å². The van der Waals surface area contributed by atoms with Gasteiger partial charge in [0, 0.05) is 18.2 Å². The summed E-state index contributed by atoms with van der Waals surface area (Å²) in [7, 11) is 1.41. The molecule has 1 fully saturated rings. The summed E-state index contributed by atoms with van der Waals surface area (Å²) >= 11 is 0. The van der Waals surface area contributed by atoms with Gasteiger partial charge in [-0.15, -0.1) is 0 Å². The monoisotopic (exact) mass is 243 g/mol. The second kappa shape index (κ2) is 3.38. The number of hydrogen-bond acceptors (Lipinski definition) is 3. The first-order valence-electron chi connectivity index (χ1n) is 4.97. The molecule has 0 saturated heterocycles. The van der Waals surface area contributed by atoms with Gasteiger partial charge in [0.2, 0.25) is 5.88 Å². The van der Waals surface area contributed by atoms with Crippen molar-refractivity contribution in [3.8, 4) is 5.88 Å². The zero-order valence-corrected chi connectivity index (χ0v) is 9.33. The molecule has 2 rings (SSSR count).